The number of carbonyl (C=O) groups excluding carboxylic acids is 2. The predicted octanol–water partition coefficient (Wildman–Crippen LogP) is 1.90. The van der Waals surface area contributed by atoms with Crippen LogP contribution in [-0.2, 0) is 6.42 Å². The summed E-state index contributed by atoms with van der Waals surface area (Å²) in [5.41, 5.74) is 6.74. The maximum Gasteiger partial charge on any atom is 0.251 e. The van der Waals surface area contributed by atoms with Crippen LogP contribution in [-0.4, -0.2) is 18.4 Å². The Bertz CT molecular complexity index is 654. The quantitative estimate of drug-likeness (QED) is 0.881. The van der Waals surface area contributed by atoms with E-state index in [1.165, 1.54) is 36.4 Å². The number of primary amides is 1. The lowest BCUT2D eigenvalue weighted by Crippen LogP contribution is -2.25. The van der Waals surface area contributed by atoms with Gasteiger partial charge in [-0.15, -0.1) is 0 Å². The molecule has 0 atom stereocenters. The second-order valence-electron chi connectivity index (χ2n) is 4.58. The maximum atomic E-state index is 13.0. The third-order valence-electron chi connectivity index (χ3n) is 3.02. The molecule has 2 aromatic carbocycles. The van der Waals surface area contributed by atoms with Crippen molar-refractivity contribution in [2.24, 2.45) is 5.73 Å². The fraction of sp³-hybridized carbons (Fsp3) is 0.125. The van der Waals surface area contributed by atoms with Gasteiger partial charge in [-0.3, -0.25) is 9.59 Å². The van der Waals surface area contributed by atoms with Crippen LogP contribution in [0.4, 0.5) is 4.39 Å². The number of amides is 2. The molecular formula is C16H15FN2O2. The first-order chi connectivity index (χ1) is 10.1. The van der Waals surface area contributed by atoms with E-state index in [9.17, 15) is 14.0 Å². The van der Waals surface area contributed by atoms with Gasteiger partial charge in [0.1, 0.15) is 5.82 Å². The number of carbonyl (C=O) groups is 2. The topological polar surface area (TPSA) is 72.2 Å². The van der Waals surface area contributed by atoms with E-state index in [0.29, 0.717) is 24.1 Å². The van der Waals surface area contributed by atoms with Crippen molar-refractivity contribution < 1.29 is 14.0 Å². The molecule has 0 unspecified atom stereocenters. The van der Waals surface area contributed by atoms with E-state index < -0.39 is 5.91 Å². The maximum absolute atomic E-state index is 13.0. The van der Waals surface area contributed by atoms with Gasteiger partial charge in [0, 0.05) is 17.7 Å². The van der Waals surface area contributed by atoms with Crippen molar-refractivity contribution in [1.82, 2.24) is 5.32 Å². The van der Waals surface area contributed by atoms with Gasteiger partial charge in [-0.2, -0.15) is 0 Å². The zero-order chi connectivity index (χ0) is 15.2. The number of nitrogens with two attached hydrogens (primary N) is 1. The zero-order valence-corrected chi connectivity index (χ0v) is 11.3. The molecule has 2 aromatic rings. The summed E-state index contributed by atoms with van der Waals surface area (Å²) in [6, 6.07) is 12.3. The molecule has 0 aliphatic rings. The smallest absolute Gasteiger partial charge is 0.251 e. The van der Waals surface area contributed by atoms with Crippen LogP contribution in [0.2, 0.25) is 0 Å². The van der Waals surface area contributed by atoms with Gasteiger partial charge in [0.15, 0.2) is 0 Å². The minimum Gasteiger partial charge on any atom is -0.366 e. The Kier molecular flexibility index (Phi) is 4.66. The average Bonchev–Trinajstić information content (AvgIpc) is 2.47. The second kappa shape index (κ2) is 6.65. The minimum absolute atomic E-state index is 0.248. The fourth-order valence-corrected chi connectivity index (χ4v) is 1.90. The minimum atomic E-state index is -0.534. The molecule has 0 fully saturated rings. The third-order valence-corrected chi connectivity index (χ3v) is 3.02. The van der Waals surface area contributed by atoms with Gasteiger partial charge < -0.3 is 11.1 Å². The molecule has 0 saturated carbocycles. The summed E-state index contributed by atoms with van der Waals surface area (Å²) in [4.78, 5) is 22.8. The van der Waals surface area contributed by atoms with Gasteiger partial charge in [0.2, 0.25) is 5.91 Å². The fourth-order valence-electron chi connectivity index (χ4n) is 1.90. The average molecular weight is 286 g/mol. The molecule has 2 rings (SSSR count). The first kappa shape index (κ1) is 14.7. The van der Waals surface area contributed by atoms with E-state index in [0.717, 1.165) is 5.56 Å². The van der Waals surface area contributed by atoms with Crippen molar-refractivity contribution in [3.8, 4) is 0 Å². The van der Waals surface area contributed by atoms with Gasteiger partial charge in [-0.25, -0.2) is 4.39 Å². The molecule has 2 amide bonds. The third kappa shape index (κ3) is 4.14. The molecule has 0 radical (unpaired) electrons. The van der Waals surface area contributed by atoms with Crippen molar-refractivity contribution in [2.75, 3.05) is 6.54 Å². The molecule has 0 aliphatic carbocycles. The van der Waals surface area contributed by atoms with Crippen molar-refractivity contribution in [3.63, 3.8) is 0 Å². The largest absolute Gasteiger partial charge is 0.366 e. The summed E-state index contributed by atoms with van der Waals surface area (Å²) in [7, 11) is 0. The Labute approximate surface area is 121 Å². The summed E-state index contributed by atoms with van der Waals surface area (Å²) >= 11 is 0. The van der Waals surface area contributed by atoms with Gasteiger partial charge >= 0.3 is 0 Å². The monoisotopic (exact) mass is 286 g/mol. The lowest BCUT2D eigenvalue weighted by Gasteiger charge is -2.06. The SMILES string of the molecule is NC(=O)c1ccc(C(=O)NCCc2cccc(F)c2)cc1. The lowest BCUT2D eigenvalue weighted by molar-refractivity contribution is 0.0951. The number of benzene rings is 2. The molecule has 108 valence electrons. The van der Waals surface area contributed by atoms with Crippen LogP contribution >= 0.6 is 0 Å². The number of halogens is 1. The van der Waals surface area contributed by atoms with Gasteiger partial charge in [-0.05, 0) is 48.4 Å². The molecule has 0 saturated heterocycles. The molecule has 21 heavy (non-hydrogen) atoms. The normalized spacial score (nSPS) is 10.1. The van der Waals surface area contributed by atoms with E-state index in [2.05, 4.69) is 5.32 Å². The zero-order valence-electron chi connectivity index (χ0n) is 11.3. The first-order valence-electron chi connectivity index (χ1n) is 6.49. The Morgan fingerprint density at radius 2 is 1.71 bits per heavy atom. The molecule has 0 spiro atoms. The summed E-state index contributed by atoms with van der Waals surface area (Å²) in [6.45, 7) is 0.403. The summed E-state index contributed by atoms with van der Waals surface area (Å²) in [5.74, 6) is -1.07. The Morgan fingerprint density at radius 3 is 2.33 bits per heavy atom. The van der Waals surface area contributed by atoms with Gasteiger partial charge in [0.05, 0.1) is 0 Å². The summed E-state index contributed by atoms with van der Waals surface area (Å²) < 4.78 is 13.0. The molecular weight excluding hydrogens is 271 g/mol. The molecule has 0 bridgehead atoms. The predicted molar refractivity (Wildman–Crippen MR) is 77.4 cm³/mol. The highest BCUT2D eigenvalue weighted by molar-refractivity contribution is 5.97. The van der Waals surface area contributed by atoms with Crippen molar-refractivity contribution in [1.29, 1.82) is 0 Å². The Balaban J connectivity index is 1.88. The van der Waals surface area contributed by atoms with Crippen LogP contribution in [0.15, 0.2) is 48.5 Å². The molecule has 0 heterocycles. The first-order valence-corrected chi connectivity index (χ1v) is 6.49. The van der Waals surface area contributed by atoms with Gasteiger partial charge in [0.25, 0.3) is 5.91 Å². The van der Waals surface area contributed by atoms with E-state index >= 15 is 0 Å². The highest BCUT2D eigenvalue weighted by atomic mass is 19.1. The number of hydrogen-bond acceptors (Lipinski definition) is 2. The molecule has 3 N–H and O–H groups in total. The Morgan fingerprint density at radius 1 is 1.05 bits per heavy atom. The van der Waals surface area contributed by atoms with E-state index in [1.54, 1.807) is 12.1 Å². The van der Waals surface area contributed by atoms with Crippen LogP contribution in [0.25, 0.3) is 0 Å². The summed E-state index contributed by atoms with van der Waals surface area (Å²) in [5, 5.41) is 2.74. The highest BCUT2D eigenvalue weighted by Gasteiger charge is 2.06. The van der Waals surface area contributed by atoms with E-state index in [4.69, 9.17) is 5.73 Å². The van der Waals surface area contributed by atoms with Crippen molar-refractivity contribution in [2.45, 2.75) is 6.42 Å². The van der Waals surface area contributed by atoms with Crippen molar-refractivity contribution in [3.05, 3.63) is 71.0 Å². The van der Waals surface area contributed by atoms with E-state index in [-0.39, 0.29) is 11.7 Å². The standard InChI is InChI=1S/C16H15FN2O2/c17-14-3-1-2-11(10-14)8-9-19-16(21)13-6-4-12(5-7-13)15(18)20/h1-7,10H,8-9H2,(H2,18,20)(H,19,21). The van der Waals surface area contributed by atoms with Crippen LogP contribution in [0.5, 0.6) is 0 Å². The number of nitrogens with one attached hydrogen (secondary N) is 1. The second-order valence-corrected chi connectivity index (χ2v) is 4.58. The van der Waals surface area contributed by atoms with Crippen LogP contribution in [0.3, 0.4) is 0 Å². The molecule has 0 aliphatic heterocycles. The van der Waals surface area contributed by atoms with Gasteiger partial charge in [-0.1, -0.05) is 12.1 Å². The lowest BCUT2D eigenvalue weighted by atomic mass is 10.1. The molecule has 0 aromatic heterocycles. The van der Waals surface area contributed by atoms with Crippen LogP contribution in [0.1, 0.15) is 26.3 Å². The van der Waals surface area contributed by atoms with Crippen LogP contribution < -0.4 is 11.1 Å². The number of hydrogen-bond donors (Lipinski definition) is 2. The highest BCUT2D eigenvalue weighted by Crippen LogP contribution is 2.05. The number of rotatable bonds is 5. The van der Waals surface area contributed by atoms with Crippen LogP contribution in [0, 0.1) is 5.82 Å². The summed E-state index contributed by atoms with van der Waals surface area (Å²) in [6.07, 6.45) is 0.545. The molecule has 5 heteroatoms. The van der Waals surface area contributed by atoms with E-state index in [1.807, 2.05) is 0 Å². The Hall–Kier alpha value is -2.69. The molecule has 4 nitrogen and oxygen atoms in total. The van der Waals surface area contributed by atoms with Crippen molar-refractivity contribution >= 4 is 11.8 Å².